The molecule has 3 nitrogen and oxygen atoms in total. The maximum Gasteiger partial charge on any atom is 0.254 e. The van der Waals surface area contributed by atoms with Crippen molar-refractivity contribution in [3.8, 4) is 0 Å². The summed E-state index contributed by atoms with van der Waals surface area (Å²) in [5, 5.41) is 2.18. The van der Waals surface area contributed by atoms with E-state index in [-0.39, 0.29) is 24.4 Å². The minimum atomic E-state index is 0. The highest BCUT2D eigenvalue weighted by Gasteiger charge is 2.40. The Kier molecular flexibility index (Phi) is 4.60. The van der Waals surface area contributed by atoms with Crippen LogP contribution in [0, 0.1) is 11.8 Å². The second-order valence-electron chi connectivity index (χ2n) is 6.76. The van der Waals surface area contributed by atoms with Crippen molar-refractivity contribution in [2.24, 2.45) is 17.6 Å². The molecule has 2 N–H and O–H groups in total. The van der Waals surface area contributed by atoms with Crippen LogP contribution in [-0.2, 0) is 0 Å². The minimum Gasteiger partial charge on any atom is -0.338 e. The van der Waals surface area contributed by atoms with Crippen molar-refractivity contribution >= 4 is 29.1 Å². The predicted molar refractivity (Wildman–Crippen MR) is 95.9 cm³/mol. The normalized spacial score (nSPS) is 26.7. The zero-order chi connectivity index (χ0) is 15.1. The number of carbonyl (C=O) groups is 1. The van der Waals surface area contributed by atoms with E-state index < -0.39 is 0 Å². The van der Waals surface area contributed by atoms with E-state index in [0.717, 1.165) is 35.8 Å². The predicted octanol–water partition coefficient (Wildman–Crippen LogP) is 3.46. The molecule has 23 heavy (non-hydrogen) atoms. The summed E-state index contributed by atoms with van der Waals surface area (Å²) >= 11 is 0. The second-order valence-corrected chi connectivity index (χ2v) is 6.76. The van der Waals surface area contributed by atoms with Crippen LogP contribution < -0.4 is 5.73 Å². The Morgan fingerprint density at radius 1 is 1.04 bits per heavy atom. The number of nitrogens with zero attached hydrogens (tertiary/aromatic N) is 1. The molecule has 1 saturated heterocycles. The average molecular weight is 331 g/mol. The Morgan fingerprint density at radius 2 is 1.83 bits per heavy atom. The number of hydrogen-bond donors (Lipinski definition) is 1. The van der Waals surface area contributed by atoms with Crippen LogP contribution in [0.15, 0.2) is 42.5 Å². The summed E-state index contributed by atoms with van der Waals surface area (Å²) in [4.78, 5) is 15.0. The molecule has 3 atom stereocenters. The van der Waals surface area contributed by atoms with Crippen LogP contribution in [-0.4, -0.2) is 29.9 Å². The highest BCUT2D eigenvalue weighted by Crippen LogP contribution is 2.36. The van der Waals surface area contributed by atoms with Crippen molar-refractivity contribution in [2.45, 2.75) is 25.3 Å². The molecule has 122 valence electrons. The summed E-state index contributed by atoms with van der Waals surface area (Å²) in [6.45, 7) is 1.70. The quantitative estimate of drug-likeness (QED) is 0.870. The molecule has 0 spiro atoms. The van der Waals surface area contributed by atoms with E-state index in [4.69, 9.17) is 5.73 Å². The number of likely N-dealkylation sites (tertiary alicyclic amines) is 1. The first kappa shape index (κ1) is 16.3. The van der Waals surface area contributed by atoms with Gasteiger partial charge in [0.1, 0.15) is 0 Å². The minimum absolute atomic E-state index is 0. The molecule has 0 bridgehead atoms. The Bertz CT molecular complexity index is 712. The van der Waals surface area contributed by atoms with Crippen molar-refractivity contribution < 1.29 is 4.79 Å². The zero-order valence-electron chi connectivity index (χ0n) is 13.2. The molecule has 3 unspecified atom stereocenters. The Balaban J connectivity index is 0.00000156. The first-order chi connectivity index (χ1) is 10.7. The summed E-state index contributed by atoms with van der Waals surface area (Å²) in [6.07, 6.45) is 3.54. The van der Waals surface area contributed by atoms with Crippen molar-refractivity contribution in [1.29, 1.82) is 0 Å². The molecule has 1 aliphatic heterocycles. The first-order valence-corrected chi connectivity index (χ1v) is 8.26. The van der Waals surface area contributed by atoms with Gasteiger partial charge in [0, 0.05) is 24.7 Å². The number of rotatable bonds is 1. The molecule has 1 amide bonds. The highest BCUT2D eigenvalue weighted by molar-refractivity contribution is 6.07. The fraction of sp³-hybridized carbons (Fsp3) is 0.421. The van der Waals surface area contributed by atoms with Crippen LogP contribution in [0.4, 0.5) is 0 Å². The molecular formula is C19H23ClN2O. The van der Waals surface area contributed by atoms with Gasteiger partial charge in [-0.05, 0) is 41.5 Å². The molecule has 4 rings (SSSR count). The van der Waals surface area contributed by atoms with Crippen LogP contribution in [0.5, 0.6) is 0 Å². The average Bonchev–Trinajstić information content (AvgIpc) is 2.99. The summed E-state index contributed by atoms with van der Waals surface area (Å²) in [6, 6.07) is 14.4. The number of benzene rings is 2. The molecule has 2 aromatic carbocycles. The van der Waals surface area contributed by atoms with Gasteiger partial charge in [-0.2, -0.15) is 0 Å². The van der Waals surface area contributed by atoms with Gasteiger partial charge in [0.2, 0.25) is 0 Å². The maximum absolute atomic E-state index is 13.0. The summed E-state index contributed by atoms with van der Waals surface area (Å²) in [5.74, 6) is 1.26. The van der Waals surface area contributed by atoms with E-state index in [1.54, 1.807) is 0 Å². The first-order valence-electron chi connectivity index (χ1n) is 8.26. The van der Waals surface area contributed by atoms with E-state index in [0.29, 0.717) is 11.8 Å². The highest BCUT2D eigenvalue weighted by atomic mass is 35.5. The lowest BCUT2D eigenvalue weighted by Crippen LogP contribution is -2.38. The third-order valence-corrected chi connectivity index (χ3v) is 5.46. The van der Waals surface area contributed by atoms with Gasteiger partial charge >= 0.3 is 0 Å². The third-order valence-electron chi connectivity index (χ3n) is 5.46. The molecule has 2 fully saturated rings. The van der Waals surface area contributed by atoms with Crippen LogP contribution in [0.1, 0.15) is 29.6 Å². The van der Waals surface area contributed by atoms with Gasteiger partial charge in [0.25, 0.3) is 5.91 Å². The number of carbonyl (C=O) groups excluding carboxylic acids is 1. The van der Waals surface area contributed by atoms with Gasteiger partial charge in [0.15, 0.2) is 0 Å². The Labute approximate surface area is 143 Å². The smallest absolute Gasteiger partial charge is 0.254 e. The lowest BCUT2D eigenvalue weighted by Gasteiger charge is -2.29. The molecule has 0 radical (unpaired) electrons. The van der Waals surface area contributed by atoms with Gasteiger partial charge in [-0.1, -0.05) is 42.8 Å². The molecular weight excluding hydrogens is 308 g/mol. The topological polar surface area (TPSA) is 46.3 Å². The van der Waals surface area contributed by atoms with Crippen LogP contribution in [0.25, 0.3) is 10.8 Å². The van der Waals surface area contributed by atoms with Crippen molar-refractivity contribution in [3.05, 3.63) is 48.0 Å². The largest absolute Gasteiger partial charge is 0.338 e. The molecule has 1 saturated carbocycles. The van der Waals surface area contributed by atoms with E-state index in [1.807, 2.05) is 35.2 Å². The second kappa shape index (κ2) is 6.50. The van der Waals surface area contributed by atoms with Gasteiger partial charge < -0.3 is 10.6 Å². The summed E-state index contributed by atoms with van der Waals surface area (Å²) in [5.41, 5.74) is 7.10. The van der Waals surface area contributed by atoms with Crippen LogP contribution >= 0.6 is 12.4 Å². The van der Waals surface area contributed by atoms with Gasteiger partial charge in [-0.3, -0.25) is 4.79 Å². The lowest BCUT2D eigenvalue weighted by molar-refractivity contribution is 0.0785. The van der Waals surface area contributed by atoms with Crippen molar-refractivity contribution in [1.82, 2.24) is 4.90 Å². The van der Waals surface area contributed by atoms with Gasteiger partial charge in [0.05, 0.1) is 0 Å². The van der Waals surface area contributed by atoms with E-state index in [9.17, 15) is 4.79 Å². The molecule has 4 heteroatoms. The summed E-state index contributed by atoms with van der Waals surface area (Å²) < 4.78 is 0. The van der Waals surface area contributed by atoms with E-state index >= 15 is 0 Å². The number of amides is 1. The van der Waals surface area contributed by atoms with Crippen LogP contribution in [0.2, 0.25) is 0 Å². The Morgan fingerprint density at radius 3 is 2.65 bits per heavy atom. The molecule has 1 heterocycles. The fourth-order valence-electron chi connectivity index (χ4n) is 4.26. The molecule has 0 aromatic heterocycles. The molecule has 2 aliphatic rings. The number of hydrogen-bond acceptors (Lipinski definition) is 2. The summed E-state index contributed by atoms with van der Waals surface area (Å²) in [7, 11) is 0. The van der Waals surface area contributed by atoms with Crippen molar-refractivity contribution in [2.75, 3.05) is 13.1 Å². The number of nitrogens with two attached hydrogens (primary N) is 1. The lowest BCUT2D eigenvalue weighted by atomic mass is 9.78. The van der Waals surface area contributed by atoms with Gasteiger partial charge in [-0.15, -0.1) is 12.4 Å². The SMILES string of the molecule is Cl.NC1CCCC2CN(C(=O)c3cccc4ccccc34)CC12. The standard InChI is InChI=1S/C19H22N2O.ClH/c20-18-10-4-7-14-11-21(12-17(14)18)19(22)16-9-3-6-13-5-1-2-8-15(13)16;/h1-3,5-6,8-9,14,17-18H,4,7,10-12,20H2;1H. The van der Waals surface area contributed by atoms with E-state index in [1.165, 1.54) is 12.8 Å². The monoisotopic (exact) mass is 330 g/mol. The van der Waals surface area contributed by atoms with Crippen molar-refractivity contribution in [3.63, 3.8) is 0 Å². The Hall–Kier alpha value is -1.58. The fourth-order valence-corrected chi connectivity index (χ4v) is 4.26. The zero-order valence-corrected chi connectivity index (χ0v) is 14.0. The van der Waals surface area contributed by atoms with Crippen LogP contribution in [0.3, 0.4) is 0 Å². The van der Waals surface area contributed by atoms with E-state index in [2.05, 4.69) is 12.1 Å². The number of fused-ring (bicyclic) bond motifs is 2. The van der Waals surface area contributed by atoms with Gasteiger partial charge in [-0.25, -0.2) is 0 Å². The number of halogens is 1. The third kappa shape index (κ3) is 2.84. The molecule has 1 aliphatic carbocycles. The maximum atomic E-state index is 13.0. The molecule has 2 aromatic rings.